The highest BCUT2D eigenvalue weighted by molar-refractivity contribution is 7.92. The summed E-state index contributed by atoms with van der Waals surface area (Å²) in [6, 6.07) is 19.4. The van der Waals surface area contributed by atoms with Gasteiger partial charge in [0.1, 0.15) is 18.9 Å². The first-order valence-corrected chi connectivity index (χ1v) is 12.8. The Kier molecular flexibility index (Phi) is 8.55. The molecule has 0 aromatic heterocycles. The van der Waals surface area contributed by atoms with E-state index in [1.165, 1.54) is 6.21 Å². The Morgan fingerprint density at radius 3 is 2.38 bits per heavy atom. The highest BCUT2D eigenvalue weighted by atomic mass is 35.5. The van der Waals surface area contributed by atoms with E-state index in [9.17, 15) is 13.2 Å². The lowest BCUT2D eigenvalue weighted by Gasteiger charge is -2.23. The smallest absolute Gasteiger partial charge is 0.260 e. The molecular formula is C24H23Cl2N3O4S. The molecule has 0 radical (unpaired) electrons. The second-order valence-electron chi connectivity index (χ2n) is 7.43. The molecule has 0 unspecified atom stereocenters. The van der Waals surface area contributed by atoms with Gasteiger partial charge in [-0.3, -0.25) is 9.10 Å². The predicted molar refractivity (Wildman–Crippen MR) is 136 cm³/mol. The predicted octanol–water partition coefficient (Wildman–Crippen LogP) is 4.80. The van der Waals surface area contributed by atoms with Crippen LogP contribution in [0, 0.1) is 6.92 Å². The van der Waals surface area contributed by atoms with Gasteiger partial charge in [-0.2, -0.15) is 5.10 Å². The van der Waals surface area contributed by atoms with Crippen LogP contribution in [0.4, 0.5) is 5.69 Å². The minimum atomic E-state index is -3.72. The molecule has 7 nitrogen and oxygen atoms in total. The molecule has 34 heavy (non-hydrogen) atoms. The van der Waals surface area contributed by atoms with Gasteiger partial charge in [0.25, 0.3) is 5.91 Å². The van der Waals surface area contributed by atoms with Crippen LogP contribution in [0.5, 0.6) is 5.75 Å². The number of carbonyl (C=O) groups excluding carboxylic acids is 1. The zero-order valence-electron chi connectivity index (χ0n) is 18.5. The summed E-state index contributed by atoms with van der Waals surface area (Å²) in [5, 5.41) is 4.99. The van der Waals surface area contributed by atoms with Crippen LogP contribution in [0.2, 0.25) is 10.0 Å². The molecule has 0 heterocycles. The van der Waals surface area contributed by atoms with Crippen molar-refractivity contribution in [3.05, 3.63) is 93.5 Å². The number of amides is 1. The van der Waals surface area contributed by atoms with E-state index in [0.29, 0.717) is 33.7 Å². The van der Waals surface area contributed by atoms with Gasteiger partial charge in [0, 0.05) is 10.0 Å². The van der Waals surface area contributed by atoms with Crippen LogP contribution in [-0.4, -0.2) is 33.3 Å². The number of rotatable bonds is 9. The Morgan fingerprint density at radius 1 is 1.06 bits per heavy atom. The average Bonchev–Trinajstić information content (AvgIpc) is 2.79. The molecule has 0 atom stereocenters. The number of ether oxygens (including phenoxy) is 1. The van der Waals surface area contributed by atoms with Crippen molar-refractivity contribution in [2.45, 2.75) is 13.5 Å². The summed E-state index contributed by atoms with van der Waals surface area (Å²) in [4.78, 5) is 12.4. The monoisotopic (exact) mass is 519 g/mol. The molecule has 3 aromatic carbocycles. The molecule has 0 spiro atoms. The standard InChI is InChI=1S/C24H23Cl2N3O4S/c1-17-22(26)4-3-5-23(17)29(34(2,31)32)15-24(30)28-27-14-18-8-12-21(13-9-18)33-16-19-6-10-20(25)11-7-19/h3-14H,15-16H2,1-2H3,(H,28,30)/b27-14-. The maximum atomic E-state index is 12.4. The Morgan fingerprint density at radius 2 is 1.74 bits per heavy atom. The first-order chi connectivity index (χ1) is 16.1. The normalized spacial score (nSPS) is 11.4. The fourth-order valence-corrected chi connectivity index (χ4v) is 4.19. The summed E-state index contributed by atoms with van der Waals surface area (Å²) >= 11 is 12.0. The number of carbonyl (C=O) groups is 1. The van der Waals surface area contributed by atoms with Crippen molar-refractivity contribution in [1.29, 1.82) is 0 Å². The zero-order valence-corrected chi connectivity index (χ0v) is 20.9. The summed E-state index contributed by atoms with van der Waals surface area (Å²) in [7, 11) is -3.72. The average molecular weight is 520 g/mol. The maximum Gasteiger partial charge on any atom is 0.260 e. The van der Waals surface area contributed by atoms with E-state index in [0.717, 1.165) is 21.7 Å². The number of hydrogen-bond acceptors (Lipinski definition) is 5. The first kappa shape index (κ1) is 25.6. The van der Waals surface area contributed by atoms with Crippen molar-refractivity contribution in [2.75, 3.05) is 17.1 Å². The summed E-state index contributed by atoms with van der Waals surface area (Å²) in [6.45, 7) is 1.66. The molecule has 10 heteroatoms. The highest BCUT2D eigenvalue weighted by Gasteiger charge is 2.22. The number of nitrogens with zero attached hydrogens (tertiary/aromatic N) is 2. The van der Waals surface area contributed by atoms with Gasteiger partial charge in [-0.05, 0) is 72.1 Å². The lowest BCUT2D eigenvalue weighted by atomic mass is 10.2. The van der Waals surface area contributed by atoms with Crippen molar-refractivity contribution in [1.82, 2.24) is 5.43 Å². The largest absolute Gasteiger partial charge is 0.489 e. The molecule has 178 valence electrons. The minimum Gasteiger partial charge on any atom is -0.489 e. The molecule has 0 aliphatic carbocycles. The topological polar surface area (TPSA) is 88.1 Å². The SMILES string of the molecule is Cc1c(Cl)cccc1N(CC(=O)N/N=C\c1ccc(OCc2ccc(Cl)cc2)cc1)S(C)(=O)=O. The van der Waals surface area contributed by atoms with E-state index in [1.807, 2.05) is 12.1 Å². The van der Waals surface area contributed by atoms with Crippen LogP contribution in [0.3, 0.4) is 0 Å². The number of benzene rings is 3. The molecule has 0 saturated heterocycles. The van der Waals surface area contributed by atoms with Crippen LogP contribution in [0.25, 0.3) is 0 Å². The van der Waals surface area contributed by atoms with Gasteiger partial charge in [0.05, 0.1) is 18.2 Å². The van der Waals surface area contributed by atoms with Gasteiger partial charge in [0.15, 0.2) is 0 Å². The van der Waals surface area contributed by atoms with Crippen molar-refractivity contribution in [3.8, 4) is 5.75 Å². The summed E-state index contributed by atoms with van der Waals surface area (Å²) in [5.41, 5.74) is 4.97. The van der Waals surface area contributed by atoms with Crippen molar-refractivity contribution < 1.29 is 17.9 Å². The van der Waals surface area contributed by atoms with Crippen LogP contribution in [0.15, 0.2) is 71.8 Å². The van der Waals surface area contributed by atoms with Crippen molar-refractivity contribution in [3.63, 3.8) is 0 Å². The van der Waals surface area contributed by atoms with E-state index in [4.69, 9.17) is 27.9 Å². The molecule has 0 aliphatic heterocycles. The highest BCUT2D eigenvalue weighted by Crippen LogP contribution is 2.28. The van der Waals surface area contributed by atoms with Gasteiger partial charge < -0.3 is 4.74 Å². The van der Waals surface area contributed by atoms with E-state index < -0.39 is 22.5 Å². The molecule has 0 saturated carbocycles. The second-order valence-corrected chi connectivity index (χ2v) is 10.2. The zero-order chi connectivity index (χ0) is 24.7. The number of anilines is 1. The number of hydrazone groups is 1. The summed E-state index contributed by atoms with van der Waals surface area (Å²) in [5.74, 6) is 0.0841. The van der Waals surface area contributed by atoms with Crippen LogP contribution in [-0.2, 0) is 21.4 Å². The van der Waals surface area contributed by atoms with Crippen molar-refractivity contribution >= 4 is 51.0 Å². The lowest BCUT2D eigenvalue weighted by Crippen LogP contribution is -2.39. The minimum absolute atomic E-state index is 0.336. The number of sulfonamides is 1. The fourth-order valence-electron chi connectivity index (χ4n) is 2.99. The molecule has 0 aliphatic rings. The Hall–Kier alpha value is -3.07. The number of halogens is 2. The molecule has 3 aromatic rings. The van der Waals surface area contributed by atoms with Gasteiger partial charge in [-0.15, -0.1) is 0 Å². The van der Waals surface area contributed by atoms with Gasteiger partial charge in [-0.1, -0.05) is 41.4 Å². The lowest BCUT2D eigenvalue weighted by molar-refractivity contribution is -0.119. The second kappa shape index (κ2) is 11.4. The Bertz CT molecular complexity index is 1280. The van der Waals surface area contributed by atoms with E-state index in [1.54, 1.807) is 61.5 Å². The third-order valence-electron chi connectivity index (χ3n) is 4.80. The number of nitrogens with one attached hydrogen (secondary N) is 1. The quantitative estimate of drug-likeness (QED) is 0.325. The molecule has 1 amide bonds. The van der Waals surface area contributed by atoms with Gasteiger partial charge in [0.2, 0.25) is 10.0 Å². The number of hydrogen-bond donors (Lipinski definition) is 1. The van der Waals surface area contributed by atoms with Crippen LogP contribution >= 0.6 is 23.2 Å². The molecule has 0 bridgehead atoms. The molecular weight excluding hydrogens is 497 g/mol. The van der Waals surface area contributed by atoms with Crippen LogP contribution < -0.4 is 14.5 Å². The van der Waals surface area contributed by atoms with Crippen LogP contribution in [0.1, 0.15) is 16.7 Å². The fraction of sp³-hybridized carbons (Fsp3) is 0.167. The van der Waals surface area contributed by atoms with Crippen molar-refractivity contribution in [2.24, 2.45) is 5.10 Å². The molecule has 0 fully saturated rings. The van der Waals surface area contributed by atoms with E-state index in [-0.39, 0.29) is 0 Å². The van der Waals surface area contributed by atoms with E-state index in [2.05, 4.69) is 10.5 Å². The third-order valence-corrected chi connectivity index (χ3v) is 6.58. The van der Waals surface area contributed by atoms with Gasteiger partial charge >= 0.3 is 0 Å². The Balaban J connectivity index is 1.57. The summed E-state index contributed by atoms with van der Waals surface area (Å²) < 4.78 is 31.3. The molecule has 1 N–H and O–H groups in total. The first-order valence-electron chi connectivity index (χ1n) is 10.2. The van der Waals surface area contributed by atoms with Gasteiger partial charge in [-0.25, -0.2) is 13.8 Å². The third kappa shape index (κ3) is 7.21. The van der Waals surface area contributed by atoms with E-state index >= 15 is 0 Å². The maximum absolute atomic E-state index is 12.4. The summed E-state index contributed by atoms with van der Waals surface area (Å²) in [6.07, 6.45) is 2.48. The molecule has 3 rings (SSSR count). The Labute approximate surface area is 209 Å².